The highest BCUT2D eigenvalue weighted by Crippen LogP contribution is 2.06. The van der Waals surface area contributed by atoms with Crippen molar-refractivity contribution in [2.75, 3.05) is 0 Å². The highest BCUT2D eigenvalue weighted by Gasteiger charge is 2.04. The summed E-state index contributed by atoms with van der Waals surface area (Å²) in [6.45, 7) is 0. The molecule has 0 aliphatic carbocycles. The van der Waals surface area contributed by atoms with Crippen LogP contribution in [0.25, 0.3) is 0 Å². The number of aryl methyl sites for hydroxylation is 2. The molecule has 0 atom stereocenters. The first-order valence-corrected chi connectivity index (χ1v) is 4.71. The number of hydrogen-bond acceptors (Lipinski definition) is 3. The summed E-state index contributed by atoms with van der Waals surface area (Å²) < 4.78 is 0. The molecule has 74 valence electrons. The van der Waals surface area contributed by atoms with Gasteiger partial charge in [-0.3, -0.25) is 4.98 Å². The quantitative estimate of drug-likeness (QED) is 0.812. The lowest BCUT2D eigenvalue weighted by Crippen LogP contribution is -1.94. The van der Waals surface area contributed by atoms with Crippen molar-refractivity contribution in [3.63, 3.8) is 0 Å². The molecule has 0 aromatic carbocycles. The number of nitrogens with zero attached hydrogens (tertiary/aromatic N) is 3. The Morgan fingerprint density at radius 2 is 2.33 bits per heavy atom. The Labute approximate surface area is 87.6 Å². The van der Waals surface area contributed by atoms with E-state index >= 15 is 0 Å². The van der Waals surface area contributed by atoms with Crippen LogP contribution in [0.1, 0.15) is 17.0 Å². The van der Waals surface area contributed by atoms with Gasteiger partial charge < -0.3 is 4.98 Å². The van der Waals surface area contributed by atoms with Crippen LogP contribution in [0.2, 0.25) is 0 Å². The molecule has 0 spiro atoms. The molecule has 2 aromatic rings. The van der Waals surface area contributed by atoms with Crippen molar-refractivity contribution < 1.29 is 0 Å². The van der Waals surface area contributed by atoms with Crippen molar-refractivity contribution in [1.82, 2.24) is 15.0 Å². The van der Waals surface area contributed by atoms with Gasteiger partial charge in [-0.05, 0) is 24.5 Å². The maximum absolute atomic E-state index is 8.76. The van der Waals surface area contributed by atoms with Crippen molar-refractivity contribution in [1.29, 1.82) is 5.26 Å². The Kier molecular flexibility index (Phi) is 2.75. The summed E-state index contributed by atoms with van der Waals surface area (Å²) in [5, 5.41) is 8.76. The molecule has 4 nitrogen and oxygen atoms in total. The maximum atomic E-state index is 8.76. The Morgan fingerprint density at radius 3 is 3.07 bits per heavy atom. The lowest BCUT2D eigenvalue weighted by atomic mass is 10.1. The molecule has 0 fully saturated rings. The van der Waals surface area contributed by atoms with E-state index in [0.717, 1.165) is 24.1 Å². The number of nitriles is 1. The lowest BCUT2D eigenvalue weighted by molar-refractivity contribution is 0.914. The maximum Gasteiger partial charge on any atom is 0.161 e. The summed E-state index contributed by atoms with van der Waals surface area (Å²) in [6.07, 6.45) is 6.79. The van der Waals surface area contributed by atoms with E-state index in [1.54, 1.807) is 12.5 Å². The van der Waals surface area contributed by atoms with Gasteiger partial charge >= 0.3 is 0 Å². The van der Waals surface area contributed by atoms with Crippen LogP contribution in [0.4, 0.5) is 0 Å². The minimum Gasteiger partial charge on any atom is -0.347 e. The van der Waals surface area contributed by atoms with Crippen LogP contribution in [0.15, 0.2) is 30.9 Å². The highest BCUT2D eigenvalue weighted by molar-refractivity contribution is 5.26. The largest absolute Gasteiger partial charge is 0.347 e. The van der Waals surface area contributed by atoms with E-state index in [4.69, 9.17) is 5.26 Å². The molecule has 0 aliphatic heterocycles. The van der Waals surface area contributed by atoms with Gasteiger partial charge in [-0.1, -0.05) is 6.07 Å². The van der Waals surface area contributed by atoms with Crippen molar-refractivity contribution in [3.8, 4) is 6.07 Å². The van der Waals surface area contributed by atoms with Gasteiger partial charge in [0.25, 0.3) is 0 Å². The smallest absolute Gasteiger partial charge is 0.161 e. The zero-order chi connectivity index (χ0) is 10.5. The molecule has 0 saturated heterocycles. The molecule has 2 heterocycles. The van der Waals surface area contributed by atoms with E-state index in [1.165, 1.54) is 0 Å². The van der Waals surface area contributed by atoms with E-state index in [1.807, 2.05) is 18.3 Å². The lowest BCUT2D eigenvalue weighted by Gasteiger charge is -1.98. The summed E-state index contributed by atoms with van der Waals surface area (Å²) in [5.74, 6) is 0. The predicted molar refractivity (Wildman–Crippen MR) is 54.9 cm³/mol. The summed E-state index contributed by atoms with van der Waals surface area (Å²) in [6, 6.07) is 5.99. The molecule has 0 unspecified atom stereocenters. The first-order valence-electron chi connectivity index (χ1n) is 4.71. The molecule has 0 bridgehead atoms. The molecule has 2 rings (SSSR count). The van der Waals surface area contributed by atoms with Gasteiger partial charge in [0.15, 0.2) is 5.69 Å². The number of imidazole rings is 1. The zero-order valence-corrected chi connectivity index (χ0v) is 8.14. The fraction of sp³-hybridized carbons (Fsp3) is 0.182. The molecular weight excluding hydrogens is 188 g/mol. The Balaban J connectivity index is 2.03. The Morgan fingerprint density at radius 1 is 1.40 bits per heavy atom. The van der Waals surface area contributed by atoms with Crippen LogP contribution in [0, 0.1) is 11.3 Å². The number of H-pyrrole nitrogens is 1. The fourth-order valence-corrected chi connectivity index (χ4v) is 1.42. The van der Waals surface area contributed by atoms with E-state index in [0.29, 0.717) is 5.69 Å². The molecular formula is C11H10N4. The average molecular weight is 198 g/mol. The first-order chi connectivity index (χ1) is 7.40. The van der Waals surface area contributed by atoms with Crippen LogP contribution in [0.3, 0.4) is 0 Å². The summed E-state index contributed by atoms with van der Waals surface area (Å²) >= 11 is 0. The number of nitrogens with one attached hydrogen (secondary N) is 1. The van der Waals surface area contributed by atoms with Crippen LogP contribution >= 0.6 is 0 Å². The monoisotopic (exact) mass is 198 g/mol. The van der Waals surface area contributed by atoms with Gasteiger partial charge in [-0.2, -0.15) is 5.26 Å². The second kappa shape index (κ2) is 4.38. The number of rotatable bonds is 3. The number of aromatic amines is 1. The van der Waals surface area contributed by atoms with Crippen molar-refractivity contribution in [2.45, 2.75) is 12.8 Å². The second-order valence-corrected chi connectivity index (χ2v) is 3.20. The minimum atomic E-state index is 0.485. The minimum absolute atomic E-state index is 0.485. The highest BCUT2D eigenvalue weighted by atomic mass is 14.9. The topological polar surface area (TPSA) is 65.4 Å². The van der Waals surface area contributed by atoms with Gasteiger partial charge in [0.1, 0.15) is 6.07 Å². The molecule has 0 radical (unpaired) electrons. The van der Waals surface area contributed by atoms with Crippen LogP contribution in [-0.4, -0.2) is 15.0 Å². The number of aromatic nitrogens is 3. The van der Waals surface area contributed by atoms with E-state index in [-0.39, 0.29) is 0 Å². The van der Waals surface area contributed by atoms with Crippen molar-refractivity contribution >= 4 is 0 Å². The third-order valence-electron chi connectivity index (χ3n) is 2.21. The van der Waals surface area contributed by atoms with Gasteiger partial charge in [0.05, 0.1) is 12.0 Å². The van der Waals surface area contributed by atoms with Crippen molar-refractivity contribution in [3.05, 3.63) is 47.8 Å². The van der Waals surface area contributed by atoms with Gasteiger partial charge in [0.2, 0.25) is 0 Å². The van der Waals surface area contributed by atoms with Gasteiger partial charge in [-0.25, -0.2) is 4.98 Å². The molecule has 4 heteroatoms. The molecule has 1 N–H and O–H groups in total. The van der Waals surface area contributed by atoms with Crippen molar-refractivity contribution in [2.24, 2.45) is 0 Å². The van der Waals surface area contributed by atoms with Gasteiger partial charge in [0, 0.05) is 12.4 Å². The van der Waals surface area contributed by atoms with E-state index < -0.39 is 0 Å². The number of hydrogen-bond donors (Lipinski definition) is 1. The summed E-state index contributed by atoms with van der Waals surface area (Å²) in [4.78, 5) is 10.9. The van der Waals surface area contributed by atoms with Crippen LogP contribution < -0.4 is 0 Å². The van der Waals surface area contributed by atoms with E-state index in [9.17, 15) is 0 Å². The molecule has 0 aliphatic rings. The standard InChI is InChI=1S/C11H10N4/c12-6-11-10(14-8-15-11)4-3-9-2-1-5-13-7-9/h1-2,5,7-8H,3-4H2,(H,14,15). The third-order valence-corrected chi connectivity index (χ3v) is 2.21. The second-order valence-electron chi connectivity index (χ2n) is 3.20. The molecule has 2 aromatic heterocycles. The zero-order valence-electron chi connectivity index (χ0n) is 8.14. The average Bonchev–Trinajstić information content (AvgIpc) is 2.75. The van der Waals surface area contributed by atoms with Crippen LogP contribution in [0.5, 0.6) is 0 Å². The normalized spacial score (nSPS) is 9.80. The van der Waals surface area contributed by atoms with Crippen LogP contribution in [-0.2, 0) is 12.8 Å². The predicted octanol–water partition coefficient (Wildman–Crippen LogP) is 1.46. The fourth-order valence-electron chi connectivity index (χ4n) is 1.42. The molecule has 15 heavy (non-hydrogen) atoms. The third kappa shape index (κ3) is 2.20. The summed E-state index contributed by atoms with van der Waals surface area (Å²) in [5.41, 5.74) is 2.54. The Bertz CT molecular complexity index is 467. The molecule has 0 amide bonds. The number of pyridine rings is 1. The van der Waals surface area contributed by atoms with E-state index in [2.05, 4.69) is 21.0 Å². The van der Waals surface area contributed by atoms with Gasteiger partial charge in [-0.15, -0.1) is 0 Å². The SMILES string of the molecule is N#Cc1nc[nH]c1CCc1cccnc1. The first kappa shape index (κ1) is 9.41. The summed E-state index contributed by atoms with van der Waals surface area (Å²) in [7, 11) is 0. The Hall–Kier alpha value is -2.15. The molecule has 0 saturated carbocycles.